The second-order valence-corrected chi connectivity index (χ2v) is 2.88. The van der Waals surface area contributed by atoms with Crippen LogP contribution < -0.4 is 0 Å². The topological polar surface area (TPSA) is 0 Å². The van der Waals surface area contributed by atoms with E-state index in [-0.39, 0.29) is 31.7 Å². The zero-order valence-electron chi connectivity index (χ0n) is 9.78. The number of halogens is 1. The van der Waals surface area contributed by atoms with E-state index < -0.39 is 0 Å². The molecule has 0 atom stereocenters. The molecule has 0 amide bonds. The maximum Gasteiger partial charge on any atom is 2.00 e. The first-order chi connectivity index (χ1) is 6.36. The molecule has 0 unspecified atom stereocenters. The van der Waals surface area contributed by atoms with Crippen molar-refractivity contribution in [3.63, 3.8) is 0 Å². The van der Waals surface area contributed by atoms with Gasteiger partial charge in [0, 0.05) is 0 Å². The minimum absolute atomic E-state index is 0. The Kier molecular flexibility index (Phi) is 4.10. The molecule has 0 aliphatic carbocycles. The smallest absolute Gasteiger partial charge is 1.00 e. The monoisotopic (exact) mass is 198 g/mol. The molecule has 0 aliphatic rings. The van der Waals surface area contributed by atoms with Crippen LogP contribution in [0.3, 0.4) is 0 Å². The molecule has 0 fully saturated rings. The summed E-state index contributed by atoms with van der Waals surface area (Å²) in [5, 5.41) is 0. The second kappa shape index (κ2) is 5.13. The van der Waals surface area contributed by atoms with Gasteiger partial charge in [-0.25, -0.2) is 4.39 Å². The molecule has 0 heterocycles. The average molecular weight is 199 g/mol. The first-order valence-corrected chi connectivity index (χ1v) is 4.17. The van der Waals surface area contributed by atoms with E-state index in [1.807, 2.05) is 36.4 Å². The summed E-state index contributed by atoms with van der Waals surface area (Å²) in [6.45, 7) is 0. The molecular formula is C12H11FMg. The molecule has 0 aliphatic heterocycles. The summed E-state index contributed by atoms with van der Waals surface area (Å²) < 4.78 is 12.9. The third kappa shape index (κ3) is 2.56. The minimum atomic E-state index is -0.193. The summed E-state index contributed by atoms with van der Waals surface area (Å²) in [6.07, 6.45) is 0. The van der Waals surface area contributed by atoms with E-state index in [0.29, 0.717) is 0 Å². The van der Waals surface area contributed by atoms with Crippen LogP contribution in [-0.4, -0.2) is 23.1 Å². The van der Waals surface area contributed by atoms with Crippen LogP contribution in [0.1, 0.15) is 2.85 Å². The van der Waals surface area contributed by atoms with Crippen molar-refractivity contribution >= 4 is 23.1 Å². The van der Waals surface area contributed by atoms with Crippen LogP contribution in [0.5, 0.6) is 0 Å². The molecule has 0 spiro atoms. The molecule has 0 radical (unpaired) electrons. The molecule has 2 rings (SSSR count). The van der Waals surface area contributed by atoms with Crippen molar-refractivity contribution in [1.29, 1.82) is 0 Å². The Morgan fingerprint density at radius 2 is 1.43 bits per heavy atom. The molecule has 2 aromatic rings. The van der Waals surface area contributed by atoms with Crippen molar-refractivity contribution in [3.8, 4) is 11.1 Å². The van der Waals surface area contributed by atoms with Crippen LogP contribution in [-0.2, 0) is 0 Å². The van der Waals surface area contributed by atoms with Crippen molar-refractivity contribution in [2.75, 3.05) is 0 Å². The Morgan fingerprint density at radius 3 is 2.07 bits per heavy atom. The van der Waals surface area contributed by atoms with Gasteiger partial charge in [-0.2, -0.15) is 0 Å². The van der Waals surface area contributed by atoms with Crippen LogP contribution in [0.4, 0.5) is 4.39 Å². The SMILES string of the molecule is Fc1cccc(-c2ccccc2)c1.[H-].[H-].[Mg+2]. The fourth-order valence-corrected chi connectivity index (χ4v) is 1.30. The molecular weight excluding hydrogens is 187 g/mol. The van der Waals surface area contributed by atoms with Gasteiger partial charge in [-0.3, -0.25) is 0 Å². The van der Waals surface area contributed by atoms with Gasteiger partial charge in [0.05, 0.1) is 0 Å². The summed E-state index contributed by atoms with van der Waals surface area (Å²) in [4.78, 5) is 0. The third-order valence-electron chi connectivity index (χ3n) is 1.93. The van der Waals surface area contributed by atoms with Crippen molar-refractivity contribution in [2.24, 2.45) is 0 Å². The fourth-order valence-electron chi connectivity index (χ4n) is 1.30. The Hall–Kier alpha value is -0.864. The summed E-state index contributed by atoms with van der Waals surface area (Å²) in [7, 11) is 0. The molecule has 0 saturated carbocycles. The van der Waals surface area contributed by atoms with E-state index in [2.05, 4.69) is 0 Å². The molecule has 0 nitrogen and oxygen atoms in total. The Labute approximate surface area is 102 Å². The van der Waals surface area contributed by atoms with E-state index in [1.165, 1.54) is 12.1 Å². The predicted molar refractivity (Wildman–Crippen MR) is 59.8 cm³/mol. The standard InChI is InChI=1S/C12H9F.Mg.2H/c13-12-8-4-7-11(9-12)10-5-2-1-3-6-10;;;/h1-9H;;;/q;+2;2*-1. The van der Waals surface area contributed by atoms with Gasteiger partial charge in [0.25, 0.3) is 0 Å². The van der Waals surface area contributed by atoms with Crippen LogP contribution >= 0.6 is 0 Å². The number of rotatable bonds is 1. The molecule has 0 saturated heterocycles. The van der Waals surface area contributed by atoms with Gasteiger partial charge in [0.1, 0.15) is 5.82 Å². The zero-order valence-corrected chi connectivity index (χ0v) is 9.20. The Bertz CT molecular complexity index is 407. The number of hydrogen-bond acceptors (Lipinski definition) is 0. The molecule has 0 N–H and O–H groups in total. The Balaban J connectivity index is 0. The van der Waals surface area contributed by atoms with Gasteiger partial charge in [-0.05, 0) is 23.3 Å². The number of benzene rings is 2. The van der Waals surface area contributed by atoms with Crippen molar-refractivity contribution in [2.45, 2.75) is 0 Å². The Morgan fingerprint density at radius 1 is 0.786 bits per heavy atom. The van der Waals surface area contributed by atoms with Crippen LogP contribution in [0.15, 0.2) is 54.6 Å². The predicted octanol–water partition coefficient (Wildman–Crippen LogP) is 3.34. The first kappa shape index (κ1) is 11.2. The van der Waals surface area contributed by atoms with E-state index in [4.69, 9.17) is 0 Å². The van der Waals surface area contributed by atoms with E-state index in [1.54, 1.807) is 6.07 Å². The zero-order chi connectivity index (χ0) is 9.10. The van der Waals surface area contributed by atoms with Gasteiger partial charge in [-0.15, -0.1) is 0 Å². The van der Waals surface area contributed by atoms with Crippen molar-refractivity contribution in [1.82, 2.24) is 0 Å². The maximum absolute atomic E-state index is 12.9. The van der Waals surface area contributed by atoms with Crippen LogP contribution in [0.2, 0.25) is 0 Å². The van der Waals surface area contributed by atoms with E-state index in [0.717, 1.165) is 11.1 Å². The largest absolute Gasteiger partial charge is 2.00 e. The molecule has 68 valence electrons. The average Bonchev–Trinajstić information content (AvgIpc) is 2.19. The maximum atomic E-state index is 12.9. The first-order valence-electron chi connectivity index (χ1n) is 4.17. The molecule has 14 heavy (non-hydrogen) atoms. The van der Waals surface area contributed by atoms with Gasteiger partial charge >= 0.3 is 23.1 Å². The van der Waals surface area contributed by atoms with Crippen LogP contribution in [0, 0.1) is 5.82 Å². The summed E-state index contributed by atoms with van der Waals surface area (Å²) in [5.74, 6) is -0.193. The minimum Gasteiger partial charge on any atom is -1.00 e. The van der Waals surface area contributed by atoms with Gasteiger partial charge in [0.15, 0.2) is 0 Å². The summed E-state index contributed by atoms with van der Waals surface area (Å²) in [6, 6.07) is 16.4. The van der Waals surface area contributed by atoms with Gasteiger partial charge in [0.2, 0.25) is 0 Å². The number of hydrogen-bond donors (Lipinski definition) is 0. The van der Waals surface area contributed by atoms with Gasteiger partial charge < -0.3 is 2.85 Å². The second-order valence-electron chi connectivity index (χ2n) is 2.88. The molecule has 0 aromatic heterocycles. The third-order valence-corrected chi connectivity index (χ3v) is 1.93. The van der Waals surface area contributed by atoms with Crippen molar-refractivity contribution in [3.05, 3.63) is 60.4 Å². The molecule has 2 heteroatoms. The fraction of sp³-hybridized carbons (Fsp3) is 0. The molecule has 2 aromatic carbocycles. The van der Waals surface area contributed by atoms with Crippen LogP contribution in [0.25, 0.3) is 11.1 Å². The van der Waals surface area contributed by atoms with Gasteiger partial charge in [-0.1, -0.05) is 42.5 Å². The van der Waals surface area contributed by atoms with E-state index in [9.17, 15) is 4.39 Å². The van der Waals surface area contributed by atoms with Crippen molar-refractivity contribution < 1.29 is 7.24 Å². The summed E-state index contributed by atoms with van der Waals surface area (Å²) >= 11 is 0. The summed E-state index contributed by atoms with van der Waals surface area (Å²) in [5.41, 5.74) is 1.96. The van der Waals surface area contributed by atoms with E-state index >= 15 is 0 Å². The normalized spacial score (nSPS) is 9.21. The quantitative estimate of drug-likeness (QED) is 0.617. The molecule has 0 bridgehead atoms.